The van der Waals surface area contributed by atoms with E-state index in [1.54, 1.807) is 0 Å². The highest BCUT2D eigenvalue weighted by Crippen LogP contribution is 2.34. The monoisotopic (exact) mass is 293 g/mol. The maximum atomic E-state index is 12.9. The summed E-state index contributed by atoms with van der Waals surface area (Å²) < 4.78 is 72.6. The molecule has 0 bridgehead atoms. The molecule has 1 heterocycles. The maximum Gasteiger partial charge on any atom is 0.436 e. The quantitative estimate of drug-likeness (QED) is 0.715. The zero-order valence-electron chi connectivity index (χ0n) is 6.75. The van der Waals surface area contributed by atoms with Crippen LogP contribution in [0.15, 0.2) is 10.5 Å². The third kappa shape index (κ3) is 2.61. The van der Waals surface area contributed by atoms with Gasteiger partial charge in [-0.3, -0.25) is 0 Å². The third-order valence-electron chi connectivity index (χ3n) is 1.43. The summed E-state index contributed by atoms with van der Waals surface area (Å²) in [6.07, 6.45) is -8.29. The van der Waals surface area contributed by atoms with E-state index in [2.05, 4.69) is 20.9 Å². The molecule has 0 unspecified atom stereocenters. The molecule has 0 radical (unpaired) electrons. The number of halogens is 7. The van der Waals surface area contributed by atoms with Crippen molar-refractivity contribution in [1.82, 2.24) is 4.98 Å². The molecule has 0 N–H and O–H groups in total. The minimum absolute atomic E-state index is 0.509. The Labute approximate surface area is 88.2 Å². The first kappa shape index (κ1) is 12.3. The average molecular weight is 294 g/mol. The van der Waals surface area contributed by atoms with Crippen molar-refractivity contribution in [2.75, 3.05) is 0 Å². The van der Waals surface area contributed by atoms with Crippen LogP contribution < -0.4 is 0 Å². The fourth-order valence-corrected chi connectivity index (χ4v) is 1.24. The second kappa shape index (κ2) is 3.99. The highest BCUT2D eigenvalue weighted by molar-refractivity contribution is 9.10. The lowest BCUT2D eigenvalue weighted by Gasteiger charge is -2.09. The number of pyridine rings is 1. The normalized spacial score (nSPS) is 12.3. The van der Waals surface area contributed by atoms with Crippen LogP contribution in [-0.4, -0.2) is 4.98 Å². The van der Waals surface area contributed by atoms with Crippen LogP contribution in [0.1, 0.15) is 17.8 Å². The Balaban J connectivity index is 3.38. The van der Waals surface area contributed by atoms with Crippen molar-refractivity contribution in [3.8, 4) is 0 Å². The van der Waals surface area contributed by atoms with Crippen LogP contribution in [0.5, 0.6) is 0 Å². The van der Waals surface area contributed by atoms with Crippen LogP contribution in [0.25, 0.3) is 0 Å². The van der Waals surface area contributed by atoms with Gasteiger partial charge in [0.15, 0.2) is 11.5 Å². The molecule has 1 rings (SSSR count). The fourth-order valence-electron chi connectivity index (χ4n) is 0.816. The molecule has 0 aliphatic rings. The first-order valence-corrected chi connectivity index (χ1v) is 4.24. The Morgan fingerprint density at radius 1 is 1.27 bits per heavy atom. The topological polar surface area (TPSA) is 12.9 Å². The van der Waals surface area contributed by atoms with Gasteiger partial charge in [0, 0.05) is 0 Å². The number of aromatic nitrogens is 1. The standard InChI is InChI=1S/C7H2BrF6N/c8-2-1-3(6(10)11)15-5(4(2)9)7(12,13)14/h1,6H. The molecule has 0 atom stereocenters. The molecule has 0 fully saturated rings. The lowest BCUT2D eigenvalue weighted by atomic mass is 10.3. The highest BCUT2D eigenvalue weighted by Gasteiger charge is 2.38. The molecule has 0 aliphatic heterocycles. The van der Waals surface area contributed by atoms with E-state index in [-0.39, 0.29) is 0 Å². The van der Waals surface area contributed by atoms with E-state index in [9.17, 15) is 26.3 Å². The van der Waals surface area contributed by atoms with E-state index < -0.39 is 34.3 Å². The molecular formula is C7H2BrF6N. The summed E-state index contributed by atoms with van der Waals surface area (Å²) in [6.45, 7) is 0. The van der Waals surface area contributed by atoms with Gasteiger partial charge in [0.25, 0.3) is 6.43 Å². The van der Waals surface area contributed by atoms with Crippen molar-refractivity contribution in [2.24, 2.45) is 0 Å². The molecule has 0 saturated carbocycles. The van der Waals surface area contributed by atoms with Crippen molar-refractivity contribution in [3.05, 3.63) is 27.7 Å². The highest BCUT2D eigenvalue weighted by atomic mass is 79.9. The largest absolute Gasteiger partial charge is 0.436 e. The van der Waals surface area contributed by atoms with Crippen molar-refractivity contribution >= 4 is 15.9 Å². The summed E-state index contributed by atoms with van der Waals surface area (Å²) in [4.78, 5) is 2.52. The summed E-state index contributed by atoms with van der Waals surface area (Å²) in [7, 11) is 0. The van der Waals surface area contributed by atoms with Crippen LogP contribution in [-0.2, 0) is 6.18 Å². The Morgan fingerprint density at radius 2 is 1.80 bits per heavy atom. The summed E-state index contributed by atoms with van der Waals surface area (Å²) in [6, 6.07) is 0.509. The molecule has 0 spiro atoms. The summed E-state index contributed by atoms with van der Waals surface area (Å²) in [5.41, 5.74) is -3.08. The minimum Gasteiger partial charge on any atom is -0.239 e. The summed E-state index contributed by atoms with van der Waals surface area (Å²) in [5, 5.41) is 0. The molecule has 1 aromatic heterocycles. The van der Waals surface area contributed by atoms with Crippen LogP contribution >= 0.6 is 15.9 Å². The van der Waals surface area contributed by atoms with E-state index in [1.165, 1.54) is 0 Å². The number of alkyl halides is 5. The zero-order chi connectivity index (χ0) is 11.8. The smallest absolute Gasteiger partial charge is 0.239 e. The number of nitrogens with zero attached hydrogens (tertiary/aromatic N) is 1. The Morgan fingerprint density at radius 3 is 2.20 bits per heavy atom. The molecular weight excluding hydrogens is 292 g/mol. The van der Waals surface area contributed by atoms with E-state index in [4.69, 9.17) is 0 Å². The summed E-state index contributed by atoms with van der Waals surface area (Å²) >= 11 is 2.41. The van der Waals surface area contributed by atoms with E-state index in [0.717, 1.165) is 0 Å². The Hall–Kier alpha value is -0.790. The fraction of sp³-hybridized carbons (Fsp3) is 0.286. The van der Waals surface area contributed by atoms with Crippen molar-refractivity contribution in [2.45, 2.75) is 12.6 Å². The van der Waals surface area contributed by atoms with E-state index in [0.29, 0.717) is 6.07 Å². The van der Waals surface area contributed by atoms with Gasteiger partial charge in [-0.25, -0.2) is 18.2 Å². The molecule has 0 saturated heterocycles. The molecule has 0 amide bonds. The lowest BCUT2D eigenvalue weighted by molar-refractivity contribution is -0.144. The van der Waals surface area contributed by atoms with Gasteiger partial charge < -0.3 is 0 Å². The van der Waals surface area contributed by atoms with Gasteiger partial charge >= 0.3 is 6.18 Å². The van der Waals surface area contributed by atoms with Gasteiger partial charge in [-0.15, -0.1) is 0 Å². The molecule has 8 heteroatoms. The van der Waals surface area contributed by atoms with Gasteiger partial charge in [-0.1, -0.05) is 0 Å². The second-order valence-electron chi connectivity index (χ2n) is 2.49. The number of rotatable bonds is 1. The zero-order valence-corrected chi connectivity index (χ0v) is 8.33. The molecule has 1 nitrogen and oxygen atoms in total. The van der Waals surface area contributed by atoms with Crippen molar-refractivity contribution in [3.63, 3.8) is 0 Å². The summed E-state index contributed by atoms with van der Waals surface area (Å²) in [5.74, 6) is -1.70. The van der Waals surface area contributed by atoms with Crippen LogP contribution in [0.4, 0.5) is 26.3 Å². The van der Waals surface area contributed by atoms with Gasteiger partial charge in [0.1, 0.15) is 5.69 Å². The Bertz CT molecular complexity index is 374. The first-order valence-electron chi connectivity index (χ1n) is 3.44. The molecule has 15 heavy (non-hydrogen) atoms. The molecule has 1 aromatic rings. The maximum absolute atomic E-state index is 12.9. The average Bonchev–Trinajstić information content (AvgIpc) is 2.06. The molecule has 0 aliphatic carbocycles. The van der Waals surface area contributed by atoms with Crippen molar-refractivity contribution in [1.29, 1.82) is 0 Å². The van der Waals surface area contributed by atoms with Gasteiger partial charge in [-0.05, 0) is 22.0 Å². The minimum atomic E-state index is -5.10. The van der Waals surface area contributed by atoms with Crippen molar-refractivity contribution < 1.29 is 26.3 Å². The van der Waals surface area contributed by atoms with Crippen LogP contribution in [0.3, 0.4) is 0 Å². The van der Waals surface area contributed by atoms with Gasteiger partial charge in [0.2, 0.25) is 0 Å². The van der Waals surface area contributed by atoms with Crippen LogP contribution in [0.2, 0.25) is 0 Å². The predicted molar refractivity (Wildman–Crippen MR) is 41.9 cm³/mol. The van der Waals surface area contributed by atoms with Crippen LogP contribution in [0, 0.1) is 5.82 Å². The van der Waals surface area contributed by atoms with Gasteiger partial charge in [0.05, 0.1) is 4.47 Å². The first-order chi connectivity index (χ1) is 6.73. The molecule has 84 valence electrons. The van der Waals surface area contributed by atoms with Gasteiger partial charge in [-0.2, -0.15) is 13.2 Å². The number of hydrogen-bond donors (Lipinski definition) is 0. The third-order valence-corrected chi connectivity index (χ3v) is 2.00. The lowest BCUT2D eigenvalue weighted by Crippen LogP contribution is -2.13. The van der Waals surface area contributed by atoms with E-state index in [1.807, 2.05) is 0 Å². The molecule has 0 aromatic carbocycles. The number of hydrogen-bond acceptors (Lipinski definition) is 1. The second-order valence-corrected chi connectivity index (χ2v) is 3.34. The SMILES string of the molecule is Fc1c(Br)cc(C(F)F)nc1C(F)(F)F. The Kier molecular flexibility index (Phi) is 3.27. The predicted octanol–water partition coefficient (Wildman–Crippen LogP) is 3.94. The van der Waals surface area contributed by atoms with E-state index >= 15 is 0 Å².